The van der Waals surface area contributed by atoms with E-state index >= 15 is 0 Å². The van der Waals surface area contributed by atoms with Gasteiger partial charge in [-0.3, -0.25) is 4.79 Å². The molecule has 18 heavy (non-hydrogen) atoms. The minimum absolute atomic E-state index is 0.163. The zero-order valence-corrected chi connectivity index (χ0v) is 11.0. The highest BCUT2D eigenvalue weighted by atomic mass is 16.1. The summed E-state index contributed by atoms with van der Waals surface area (Å²) in [5.74, 6) is 0.520. The summed E-state index contributed by atoms with van der Waals surface area (Å²) < 4.78 is 0. The van der Waals surface area contributed by atoms with E-state index in [1.54, 1.807) is 19.4 Å². The Balaban J connectivity index is 2.11. The van der Waals surface area contributed by atoms with E-state index in [2.05, 4.69) is 39.3 Å². The van der Waals surface area contributed by atoms with Crippen LogP contribution in [0.15, 0.2) is 12.4 Å². The van der Waals surface area contributed by atoms with E-state index in [-0.39, 0.29) is 5.91 Å². The van der Waals surface area contributed by atoms with Crippen molar-refractivity contribution < 1.29 is 4.79 Å². The van der Waals surface area contributed by atoms with E-state index in [0.717, 1.165) is 13.1 Å². The zero-order valence-electron chi connectivity index (χ0n) is 11.0. The van der Waals surface area contributed by atoms with Gasteiger partial charge in [0.25, 0.3) is 5.91 Å². The van der Waals surface area contributed by atoms with Gasteiger partial charge < -0.3 is 15.5 Å². The first-order chi connectivity index (χ1) is 8.60. The maximum atomic E-state index is 11.4. The first kappa shape index (κ1) is 12.8. The van der Waals surface area contributed by atoms with Gasteiger partial charge in [-0.15, -0.1) is 0 Å². The van der Waals surface area contributed by atoms with Crippen LogP contribution in [0.1, 0.15) is 24.2 Å². The summed E-state index contributed by atoms with van der Waals surface area (Å²) in [7, 11) is 1.59. The van der Waals surface area contributed by atoms with Gasteiger partial charge >= 0.3 is 0 Å². The summed E-state index contributed by atoms with van der Waals surface area (Å²) in [6.45, 7) is 6.04. The smallest absolute Gasteiger partial charge is 0.254 e. The highest BCUT2D eigenvalue weighted by Gasteiger charge is 2.22. The number of piperazine rings is 1. The van der Waals surface area contributed by atoms with Crippen molar-refractivity contribution in [1.29, 1.82) is 0 Å². The lowest BCUT2D eigenvalue weighted by Gasteiger charge is -2.36. The largest absolute Gasteiger partial charge is 0.355 e. The Morgan fingerprint density at radius 1 is 1.33 bits per heavy atom. The van der Waals surface area contributed by atoms with Crippen LogP contribution in [0.4, 0.5) is 5.95 Å². The topological polar surface area (TPSA) is 70.2 Å². The van der Waals surface area contributed by atoms with E-state index in [9.17, 15) is 4.79 Å². The summed E-state index contributed by atoms with van der Waals surface area (Å²) in [5.41, 5.74) is 0.484. The molecular formula is C12H19N5O. The summed E-state index contributed by atoms with van der Waals surface area (Å²) in [5, 5.41) is 6.01. The molecule has 6 heteroatoms. The molecule has 1 aliphatic rings. The number of hydrogen-bond donors (Lipinski definition) is 2. The summed E-state index contributed by atoms with van der Waals surface area (Å²) in [4.78, 5) is 22.1. The third-order valence-corrected chi connectivity index (χ3v) is 2.97. The van der Waals surface area contributed by atoms with Crippen LogP contribution in [0.2, 0.25) is 0 Å². The number of nitrogens with one attached hydrogen (secondary N) is 2. The van der Waals surface area contributed by atoms with Gasteiger partial charge in [0.05, 0.1) is 5.56 Å². The quantitative estimate of drug-likeness (QED) is 0.773. The van der Waals surface area contributed by atoms with Crippen molar-refractivity contribution in [2.45, 2.75) is 25.9 Å². The van der Waals surface area contributed by atoms with E-state index in [4.69, 9.17) is 0 Å². The Kier molecular flexibility index (Phi) is 3.76. The normalized spacial score (nSPS) is 23.8. The number of anilines is 1. The molecule has 0 bridgehead atoms. The number of amides is 1. The van der Waals surface area contributed by atoms with E-state index < -0.39 is 0 Å². The fraction of sp³-hybridized carbons (Fsp3) is 0.583. The molecule has 1 aromatic heterocycles. The van der Waals surface area contributed by atoms with Gasteiger partial charge in [0.1, 0.15) is 0 Å². The predicted molar refractivity (Wildman–Crippen MR) is 69.7 cm³/mol. The summed E-state index contributed by atoms with van der Waals surface area (Å²) in [6.07, 6.45) is 3.14. The van der Waals surface area contributed by atoms with Gasteiger partial charge in [-0.25, -0.2) is 9.97 Å². The van der Waals surface area contributed by atoms with Crippen LogP contribution in [-0.2, 0) is 0 Å². The molecule has 0 aromatic carbocycles. The van der Waals surface area contributed by atoms with Crippen molar-refractivity contribution in [2.75, 3.05) is 25.0 Å². The first-order valence-electron chi connectivity index (χ1n) is 6.15. The molecule has 1 aromatic rings. The van der Waals surface area contributed by atoms with Crippen LogP contribution in [-0.4, -0.2) is 48.1 Å². The lowest BCUT2D eigenvalue weighted by Crippen LogP contribution is -2.54. The number of nitrogens with zero attached hydrogens (tertiary/aromatic N) is 3. The molecule has 0 unspecified atom stereocenters. The average molecular weight is 249 g/mol. The zero-order chi connectivity index (χ0) is 13.1. The molecule has 1 fully saturated rings. The highest BCUT2D eigenvalue weighted by molar-refractivity contribution is 5.93. The number of aromatic nitrogens is 2. The fourth-order valence-electron chi connectivity index (χ4n) is 2.24. The predicted octanol–water partition coefficient (Wildman–Crippen LogP) is 0.0228. The third kappa shape index (κ3) is 2.76. The maximum absolute atomic E-state index is 11.4. The van der Waals surface area contributed by atoms with Crippen LogP contribution in [0.5, 0.6) is 0 Å². The standard InChI is InChI=1S/C12H19N5O/c1-8-6-17(7-9(2)16-8)12-14-4-10(5-15-12)11(18)13-3/h4-5,8-9,16H,6-7H2,1-3H3,(H,13,18)/t8-,9+. The maximum Gasteiger partial charge on any atom is 0.254 e. The van der Waals surface area contributed by atoms with Crippen molar-refractivity contribution in [3.8, 4) is 0 Å². The Bertz CT molecular complexity index is 409. The lowest BCUT2D eigenvalue weighted by molar-refractivity contribution is 0.0962. The molecule has 2 rings (SSSR count). The molecular weight excluding hydrogens is 230 g/mol. The van der Waals surface area contributed by atoms with Crippen molar-refractivity contribution >= 4 is 11.9 Å². The summed E-state index contributed by atoms with van der Waals surface area (Å²) in [6, 6.07) is 0.826. The average Bonchev–Trinajstić information content (AvgIpc) is 2.37. The van der Waals surface area contributed by atoms with Gasteiger partial charge in [-0.1, -0.05) is 0 Å². The Hall–Kier alpha value is -1.69. The van der Waals surface area contributed by atoms with Crippen molar-refractivity contribution in [2.24, 2.45) is 0 Å². The van der Waals surface area contributed by atoms with Crippen LogP contribution in [0.3, 0.4) is 0 Å². The van der Waals surface area contributed by atoms with Gasteiger partial charge in [0.2, 0.25) is 5.95 Å². The minimum Gasteiger partial charge on any atom is -0.355 e. The molecule has 1 aliphatic heterocycles. The van der Waals surface area contributed by atoms with Crippen molar-refractivity contribution in [3.63, 3.8) is 0 Å². The molecule has 98 valence electrons. The van der Waals surface area contributed by atoms with Gasteiger partial charge in [-0.05, 0) is 13.8 Å². The molecule has 0 aliphatic carbocycles. The van der Waals surface area contributed by atoms with Crippen molar-refractivity contribution in [1.82, 2.24) is 20.6 Å². The summed E-state index contributed by atoms with van der Waals surface area (Å²) >= 11 is 0. The van der Waals surface area contributed by atoms with Gasteiger partial charge in [0, 0.05) is 44.6 Å². The SMILES string of the molecule is CNC(=O)c1cnc(N2C[C@@H](C)N[C@@H](C)C2)nc1. The van der Waals surface area contributed by atoms with Crippen LogP contribution >= 0.6 is 0 Å². The van der Waals surface area contributed by atoms with E-state index in [1.165, 1.54) is 0 Å². The van der Waals surface area contributed by atoms with Gasteiger partial charge in [-0.2, -0.15) is 0 Å². The number of carbonyl (C=O) groups is 1. The number of hydrogen-bond acceptors (Lipinski definition) is 5. The minimum atomic E-state index is -0.163. The molecule has 2 atom stereocenters. The van der Waals surface area contributed by atoms with Crippen LogP contribution < -0.4 is 15.5 Å². The molecule has 6 nitrogen and oxygen atoms in total. The second-order valence-electron chi connectivity index (χ2n) is 4.72. The van der Waals surface area contributed by atoms with Crippen LogP contribution in [0, 0.1) is 0 Å². The molecule has 0 saturated carbocycles. The van der Waals surface area contributed by atoms with E-state index in [1.807, 2.05) is 0 Å². The fourth-order valence-corrected chi connectivity index (χ4v) is 2.24. The Labute approximate surface area is 107 Å². The molecule has 0 radical (unpaired) electrons. The number of carbonyl (C=O) groups excluding carboxylic acids is 1. The molecule has 0 spiro atoms. The third-order valence-electron chi connectivity index (χ3n) is 2.97. The first-order valence-corrected chi connectivity index (χ1v) is 6.15. The molecule has 1 amide bonds. The monoisotopic (exact) mass is 249 g/mol. The lowest BCUT2D eigenvalue weighted by atomic mass is 10.1. The second-order valence-corrected chi connectivity index (χ2v) is 4.72. The highest BCUT2D eigenvalue weighted by Crippen LogP contribution is 2.12. The number of rotatable bonds is 2. The Morgan fingerprint density at radius 2 is 1.89 bits per heavy atom. The van der Waals surface area contributed by atoms with Gasteiger partial charge in [0.15, 0.2) is 0 Å². The molecule has 2 N–H and O–H groups in total. The molecule has 1 saturated heterocycles. The Morgan fingerprint density at radius 3 is 2.39 bits per heavy atom. The molecule has 2 heterocycles. The van der Waals surface area contributed by atoms with Crippen molar-refractivity contribution in [3.05, 3.63) is 18.0 Å². The van der Waals surface area contributed by atoms with E-state index in [0.29, 0.717) is 23.6 Å². The second kappa shape index (κ2) is 5.30. The van der Waals surface area contributed by atoms with Crippen LogP contribution in [0.25, 0.3) is 0 Å².